The van der Waals surface area contributed by atoms with E-state index in [0.29, 0.717) is 11.9 Å². The summed E-state index contributed by atoms with van der Waals surface area (Å²) in [5, 5.41) is 10.8. The number of hydrogen-bond donors (Lipinski definition) is 0. The van der Waals surface area contributed by atoms with E-state index < -0.39 is 16.9 Å². The van der Waals surface area contributed by atoms with Crippen molar-refractivity contribution in [1.82, 2.24) is 4.57 Å². The van der Waals surface area contributed by atoms with Crippen molar-refractivity contribution in [1.29, 1.82) is 0 Å². The molecule has 21 heavy (non-hydrogen) atoms. The molecule has 0 aliphatic heterocycles. The maximum atomic E-state index is 13.3. The molecule has 0 amide bonds. The van der Waals surface area contributed by atoms with Crippen LogP contribution in [0.1, 0.15) is 25.6 Å². The van der Waals surface area contributed by atoms with Gasteiger partial charge in [-0.2, -0.15) is 13.2 Å². The standard InChI is InChI=1S/C13H15F3N3O2/c1-3-4-7-18-10-6-5-9(19(20)21)8-11(10)17(2)12(18)13(14,15)16/h5-6,8H,3-4,7H2,1-2H3/q+1. The molecule has 2 aromatic rings. The minimum atomic E-state index is -4.52. The van der Waals surface area contributed by atoms with Gasteiger partial charge in [0.15, 0.2) is 11.0 Å². The van der Waals surface area contributed by atoms with Crippen molar-refractivity contribution in [2.24, 2.45) is 7.05 Å². The van der Waals surface area contributed by atoms with Gasteiger partial charge in [0.25, 0.3) is 5.69 Å². The number of fused-ring (bicyclic) bond motifs is 1. The van der Waals surface area contributed by atoms with Gasteiger partial charge in [0, 0.05) is 6.07 Å². The van der Waals surface area contributed by atoms with E-state index in [9.17, 15) is 23.3 Å². The lowest BCUT2D eigenvalue weighted by atomic mass is 10.2. The first-order chi connectivity index (χ1) is 9.77. The molecule has 8 heteroatoms. The molecule has 0 unspecified atom stereocenters. The minimum Gasteiger partial charge on any atom is -0.258 e. The highest BCUT2D eigenvalue weighted by Gasteiger charge is 2.46. The Kier molecular flexibility index (Phi) is 3.89. The molecule has 1 aromatic carbocycles. The monoisotopic (exact) mass is 302 g/mol. The molecule has 5 nitrogen and oxygen atoms in total. The predicted octanol–water partition coefficient (Wildman–Crippen LogP) is 3.19. The third kappa shape index (κ3) is 2.70. The Balaban J connectivity index is 2.74. The van der Waals surface area contributed by atoms with Crippen LogP contribution in [0.2, 0.25) is 0 Å². The molecule has 1 heterocycles. The van der Waals surface area contributed by atoms with Crippen LogP contribution in [0.5, 0.6) is 0 Å². The van der Waals surface area contributed by atoms with Crippen molar-refractivity contribution in [3.63, 3.8) is 0 Å². The maximum absolute atomic E-state index is 13.3. The molecule has 0 radical (unpaired) electrons. The molecule has 0 saturated carbocycles. The summed E-state index contributed by atoms with van der Waals surface area (Å²) >= 11 is 0. The fourth-order valence-corrected chi connectivity index (χ4v) is 2.42. The second-order valence-electron chi connectivity index (χ2n) is 4.82. The number of hydrogen-bond acceptors (Lipinski definition) is 2. The molecule has 2 rings (SSSR count). The Hall–Kier alpha value is -2.12. The number of halogens is 3. The van der Waals surface area contributed by atoms with Gasteiger partial charge >= 0.3 is 12.0 Å². The summed E-state index contributed by atoms with van der Waals surface area (Å²) in [5.41, 5.74) is 0.330. The van der Waals surface area contributed by atoms with Crippen LogP contribution in [-0.4, -0.2) is 9.49 Å². The zero-order valence-corrected chi connectivity index (χ0v) is 11.6. The molecule has 1 aromatic heterocycles. The largest absolute Gasteiger partial charge is 0.495 e. The lowest BCUT2D eigenvalue weighted by Gasteiger charge is -2.05. The zero-order valence-electron chi connectivity index (χ0n) is 11.6. The topological polar surface area (TPSA) is 52.0 Å². The Labute approximate surface area is 118 Å². The van der Waals surface area contributed by atoms with Crippen LogP contribution in [0.25, 0.3) is 11.0 Å². The molecule has 0 spiro atoms. The number of imidazole rings is 1. The number of aromatic nitrogens is 2. The van der Waals surface area contributed by atoms with E-state index in [1.165, 1.54) is 29.8 Å². The summed E-state index contributed by atoms with van der Waals surface area (Å²) in [7, 11) is 1.28. The van der Waals surface area contributed by atoms with Crippen LogP contribution in [-0.2, 0) is 19.8 Å². The highest BCUT2D eigenvalue weighted by atomic mass is 19.4. The van der Waals surface area contributed by atoms with Crippen LogP contribution in [0, 0.1) is 10.1 Å². The van der Waals surface area contributed by atoms with Crippen LogP contribution >= 0.6 is 0 Å². The SMILES string of the molecule is CCCC[n+]1c(C(F)(F)F)n(C)c2cc([N+](=O)[O-])ccc21. The third-order valence-electron chi connectivity index (χ3n) is 3.38. The van der Waals surface area contributed by atoms with E-state index in [1.807, 2.05) is 6.92 Å². The predicted molar refractivity (Wildman–Crippen MR) is 69.7 cm³/mol. The first-order valence-corrected chi connectivity index (χ1v) is 6.51. The summed E-state index contributed by atoms with van der Waals surface area (Å²) in [6, 6.07) is 3.77. The minimum absolute atomic E-state index is 0.202. The molecule has 0 saturated heterocycles. The van der Waals surface area contributed by atoms with Crippen molar-refractivity contribution in [2.45, 2.75) is 32.5 Å². The fraction of sp³-hybridized carbons (Fsp3) is 0.462. The second-order valence-corrected chi connectivity index (χ2v) is 4.82. The molecular weight excluding hydrogens is 287 g/mol. The molecule has 0 aliphatic carbocycles. The number of benzene rings is 1. The highest BCUT2D eigenvalue weighted by molar-refractivity contribution is 5.75. The first-order valence-electron chi connectivity index (χ1n) is 6.51. The van der Waals surface area contributed by atoms with Gasteiger partial charge in [0.1, 0.15) is 0 Å². The Morgan fingerprint density at radius 1 is 1.38 bits per heavy atom. The van der Waals surface area contributed by atoms with E-state index in [1.54, 1.807) is 0 Å². The smallest absolute Gasteiger partial charge is 0.258 e. The average Bonchev–Trinajstić information content (AvgIpc) is 2.68. The Bertz CT molecular complexity index is 692. The normalized spacial score (nSPS) is 12.0. The molecule has 0 atom stereocenters. The number of nitro benzene ring substituents is 1. The van der Waals surface area contributed by atoms with Gasteiger partial charge in [-0.15, -0.1) is 0 Å². The van der Waals surface area contributed by atoms with E-state index in [2.05, 4.69) is 0 Å². The third-order valence-corrected chi connectivity index (χ3v) is 3.38. The quantitative estimate of drug-likeness (QED) is 0.495. The molecule has 0 fully saturated rings. The van der Waals surface area contributed by atoms with Crippen LogP contribution < -0.4 is 4.57 Å². The molecular formula is C13H15F3N3O2+. The van der Waals surface area contributed by atoms with Crippen molar-refractivity contribution in [2.75, 3.05) is 0 Å². The summed E-state index contributed by atoms with van der Waals surface area (Å²) in [5.74, 6) is -0.800. The maximum Gasteiger partial charge on any atom is 0.495 e. The summed E-state index contributed by atoms with van der Waals surface area (Å²) in [6.07, 6.45) is -3.16. The average molecular weight is 302 g/mol. The first kappa shape index (κ1) is 15.3. The number of rotatable bonds is 4. The van der Waals surface area contributed by atoms with Gasteiger partial charge in [-0.3, -0.25) is 10.1 Å². The van der Waals surface area contributed by atoms with E-state index in [-0.39, 0.29) is 17.7 Å². The van der Waals surface area contributed by atoms with Gasteiger partial charge in [-0.1, -0.05) is 13.3 Å². The Morgan fingerprint density at radius 3 is 2.57 bits per heavy atom. The molecule has 0 bridgehead atoms. The number of alkyl halides is 3. The van der Waals surface area contributed by atoms with Gasteiger partial charge in [0.2, 0.25) is 0 Å². The second kappa shape index (κ2) is 5.34. The lowest BCUT2D eigenvalue weighted by molar-refractivity contribution is -0.692. The highest BCUT2D eigenvalue weighted by Crippen LogP contribution is 2.31. The molecule has 0 N–H and O–H groups in total. The van der Waals surface area contributed by atoms with Crippen LogP contribution in [0.3, 0.4) is 0 Å². The summed E-state index contributed by atoms with van der Waals surface area (Å²) in [4.78, 5) is 10.2. The fourth-order valence-electron chi connectivity index (χ4n) is 2.42. The Morgan fingerprint density at radius 2 is 2.05 bits per heavy atom. The number of unbranched alkanes of at least 4 members (excludes halogenated alkanes) is 1. The van der Waals surface area contributed by atoms with E-state index in [4.69, 9.17) is 0 Å². The van der Waals surface area contributed by atoms with Crippen molar-refractivity contribution < 1.29 is 22.7 Å². The van der Waals surface area contributed by atoms with E-state index >= 15 is 0 Å². The van der Waals surface area contributed by atoms with E-state index in [0.717, 1.165) is 11.0 Å². The number of nitro groups is 1. The lowest BCUT2D eigenvalue weighted by Crippen LogP contribution is -2.42. The summed E-state index contributed by atoms with van der Waals surface area (Å²) in [6.45, 7) is 2.12. The van der Waals surface area contributed by atoms with Crippen molar-refractivity contribution >= 4 is 16.7 Å². The molecule has 0 aliphatic rings. The number of nitrogens with zero attached hydrogens (tertiary/aromatic N) is 3. The van der Waals surface area contributed by atoms with Crippen molar-refractivity contribution in [3.05, 3.63) is 34.1 Å². The van der Waals surface area contributed by atoms with Gasteiger partial charge in [-0.25, -0.2) is 9.13 Å². The molecule has 114 valence electrons. The van der Waals surface area contributed by atoms with Crippen LogP contribution in [0.15, 0.2) is 18.2 Å². The van der Waals surface area contributed by atoms with Gasteiger partial charge in [-0.05, 0) is 12.5 Å². The zero-order chi connectivity index (χ0) is 15.8. The van der Waals surface area contributed by atoms with Gasteiger partial charge < -0.3 is 0 Å². The van der Waals surface area contributed by atoms with Gasteiger partial charge in [0.05, 0.1) is 24.6 Å². The number of non-ortho nitro benzene ring substituents is 1. The summed E-state index contributed by atoms with van der Waals surface area (Å²) < 4.78 is 41.9. The van der Waals surface area contributed by atoms with Crippen molar-refractivity contribution in [3.8, 4) is 0 Å². The number of aryl methyl sites for hydroxylation is 2. The van der Waals surface area contributed by atoms with Crippen LogP contribution in [0.4, 0.5) is 18.9 Å².